The van der Waals surface area contributed by atoms with E-state index >= 15 is 0 Å². The van der Waals surface area contributed by atoms with Crippen molar-refractivity contribution in [3.63, 3.8) is 0 Å². The van der Waals surface area contributed by atoms with Gasteiger partial charge < -0.3 is 0 Å². The van der Waals surface area contributed by atoms with Crippen LogP contribution in [-0.2, 0) is 10.0 Å². The number of sulfonamides is 1. The third kappa shape index (κ3) is 4.78. The Balaban J connectivity index is 1.80. The molecular formula is C19H18BrN3O3S2. The molecule has 0 saturated heterocycles. The number of hydrogen-bond acceptors (Lipinski definition) is 5. The van der Waals surface area contributed by atoms with Gasteiger partial charge >= 0.3 is 0 Å². The van der Waals surface area contributed by atoms with E-state index in [0.29, 0.717) is 5.13 Å². The molecule has 1 heterocycles. The molecule has 1 aromatic heterocycles. The monoisotopic (exact) mass is 479 g/mol. The quantitative estimate of drug-likeness (QED) is 0.521. The molecule has 0 bridgehead atoms. The van der Waals surface area contributed by atoms with E-state index in [4.69, 9.17) is 0 Å². The molecule has 0 saturated carbocycles. The van der Waals surface area contributed by atoms with E-state index in [0.717, 1.165) is 15.7 Å². The van der Waals surface area contributed by atoms with Crippen molar-refractivity contribution in [3.05, 3.63) is 63.9 Å². The maximum Gasteiger partial charge on any atom is 0.259 e. The fraction of sp³-hybridized carbons (Fsp3) is 0.158. The lowest BCUT2D eigenvalue weighted by atomic mass is 10.2. The van der Waals surface area contributed by atoms with Crippen molar-refractivity contribution < 1.29 is 13.2 Å². The second-order valence-corrected chi connectivity index (χ2v) is 10.3. The number of carbonyl (C=O) groups is 1. The zero-order chi connectivity index (χ0) is 20.3. The molecule has 0 unspecified atom stereocenters. The lowest BCUT2D eigenvalue weighted by molar-refractivity contribution is 0.102. The first kappa shape index (κ1) is 20.5. The smallest absolute Gasteiger partial charge is 0.259 e. The van der Waals surface area contributed by atoms with Crippen molar-refractivity contribution in [1.82, 2.24) is 4.98 Å². The Morgan fingerprint density at radius 2 is 1.79 bits per heavy atom. The Morgan fingerprint density at radius 1 is 1.11 bits per heavy atom. The van der Waals surface area contributed by atoms with Crippen molar-refractivity contribution in [2.45, 2.75) is 19.1 Å². The van der Waals surface area contributed by atoms with E-state index in [2.05, 4.69) is 31.0 Å². The Hall–Kier alpha value is -2.23. The first-order valence-corrected chi connectivity index (χ1v) is 11.6. The number of aromatic nitrogens is 1. The van der Waals surface area contributed by atoms with Gasteiger partial charge in [0.25, 0.3) is 5.91 Å². The number of carbonyl (C=O) groups excluding carboxylic acids is 1. The molecule has 146 valence electrons. The average Bonchev–Trinajstić information content (AvgIpc) is 3.10. The van der Waals surface area contributed by atoms with Gasteiger partial charge in [-0.3, -0.25) is 14.8 Å². The molecule has 1 amide bonds. The summed E-state index contributed by atoms with van der Waals surface area (Å²) in [6.07, 6.45) is 0. The van der Waals surface area contributed by atoms with Crippen LogP contribution in [-0.4, -0.2) is 24.6 Å². The van der Waals surface area contributed by atoms with Crippen LogP contribution < -0.4 is 10.0 Å². The van der Waals surface area contributed by atoms with Crippen LogP contribution >= 0.6 is 27.3 Å². The number of nitrogens with one attached hydrogen (secondary N) is 2. The van der Waals surface area contributed by atoms with Crippen molar-refractivity contribution in [1.29, 1.82) is 0 Å². The molecule has 2 aromatic carbocycles. The van der Waals surface area contributed by atoms with E-state index in [9.17, 15) is 13.2 Å². The van der Waals surface area contributed by atoms with Gasteiger partial charge in [0.15, 0.2) is 5.13 Å². The van der Waals surface area contributed by atoms with Gasteiger partial charge in [-0.1, -0.05) is 40.2 Å². The highest BCUT2D eigenvalue weighted by Gasteiger charge is 2.20. The highest BCUT2D eigenvalue weighted by atomic mass is 79.9. The summed E-state index contributed by atoms with van der Waals surface area (Å²) in [6, 6.07) is 14.2. The maximum absolute atomic E-state index is 12.7. The first-order chi connectivity index (χ1) is 13.3. The van der Waals surface area contributed by atoms with Crippen LogP contribution in [0.25, 0.3) is 11.3 Å². The predicted octanol–water partition coefficient (Wildman–Crippen LogP) is 4.98. The number of para-hydroxylation sites is 1. The molecule has 0 aliphatic carbocycles. The fourth-order valence-corrected chi connectivity index (χ4v) is 3.99. The average molecular weight is 480 g/mol. The normalized spacial score (nSPS) is 11.4. The molecule has 28 heavy (non-hydrogen) atoms. The summed E-state index contributed by atoms with van der Waals surface area (Å²) in [4.78, 5) is 17.1. The van der Waals surface area contributed by atoms with E-state index in [1.165, 1.54) is 11.3 Å². The summed E-state index contributed by atoms with van der Waals surface area (Å²) < 4.78 is 27.8. The van der Waals surface area contributed by atoms with Gasteiger partial charge in [-0.2, -0.15) is 0 Å². The summed E-state index contributed by atoms with van der Waals surface area (Å²) in [5.41, 5.74) is 2.15. The minimum absolute atomic E-state index is 0.229. The van der Waals surface area contributed by atoms with E-state index in [1.54, 1.807) is 38.1 Å². The molecule has 0 radical (unpaired) electrons. The van der Waals surface area contributed by atoms with Crippen LogP contribution in [0.3, 0.4) is 0 Å². The summed E-state index contributed by atoms with van der Waals surface area (Å²) in [5, 5.41) is 4.41. The minimum Gasteiger partial charge on any atom is -0.298 e. The molecule has 9 heteroatoms. The minimum atomic E-state index is -3.56. The number of halogens is 1. The lowest BCUT2D eigenvalue weighted by Crippen LogP contribution is -2.24. The van der Waals surface area contributed by atoms with Gasteiger partial charge in [0.2, 0.25) is 10.0 Å². The Kier molecular flexibility index (Phi) is 6.17. The van der Waals surface area contributed by atoms with Crippen molar-refractivity contribution >= 4 is 54.0 Å². The van der Waals surface area contributed by atoms with Crippen LogP contribution in [0.1, 0.15) is 24.2 Å². The highest BCUT2D eigenvalue weighted by Crippen LogP contribution is 2.27. The number of anilines is 2. The molecule has 6 nitrogen and oxygen atoms in total. The van der Waals surface area contributed by atoms with Gasteiger partial charge in [-0.15, -0.1) is 11.3 Å². The van der Waals surface area contributed by atoms with E-state index in [1.807, 2.05) is 29.6 Å². The number of thiazole rings is 1. The second-order valence-electron chi connectivity index (χ2n) is 6.24. The SMILES string of the molecule is CC(C)S(=O)(=O)Nc1ccccc1C(=O)Nc1nc(-c2ccc(Br)cc2)cs1. The molecule has 0 atom stereocenters. The molecule has 3 rings (SSSR count). The zero-order valence-corrected chi connectivity index (χ0v) is 18.4. The standard InChI is InChI=1S/C19H18BrN3O3S2/c1-12(2)28(25,26)23-16-6-4-3-5-15(16)18(24)22-19-21-17(11-27-19)13-7-9-14(20)10-8-13/h3-12,23H,1-2H3,(H,21,22,24). The van der Waals surface area contributed by atoms with Gasteiger partial charge in [-0.05, 0) is 38.1 Å². The van der Waals surface area contributed by atoms with Gasteiger partial charge in [0.1, 0.15) is 0 Å². The van der Waals surface area contributed by atoms with Crippen molar-refractivity contribution in [2.75, 3.05) is 10.0 Å². The summed E-state index contributed by atoms with van der Waals surface area (Å²) in [6.45, 7) is 3.15. The Morgan fingerprint density at radius 3 is 2.46 bits per heavy atom. The van der Waals surface area contributed by atoms with Crippen molar-refractivity contribution in [2.24, 2.45) is 0 Å². The largest absolute Gasteiger partial charge is 0.298 e. The van der Waals surface area contributed by atoms with Crippen LogP contribution in [0.5, 0.6) is 0 Å². The lowest BCUT2D eigenvalue weighted by Gasteiger charge is -2.13. The topological polar surface area (TPSA) is 88.2 Å². The molecule has 0 fully saturated rings. The van der Waals surface area contributed by atoms with Crippen LogP contribution in [0.2, 0.25) is 0 Å². The predicted molar refractivity (Wildman–Crippen MR) is 117 cm³/mol. The second kappa shape index (κ2) is 8.42. The highest BCUT2D eigenvalue weighted by molar-refractivity contribution is 9.10. The number of nitrogens with zero attached hydrogens (tertiary/aromatic N) is 1. The van der Waals surface area contributed by atoms with Crippen molar-refractivity contribution in [3.8, 4) is 11.3 Å². The van der Waals surface area contributed by atoms with E-state index < -0.39 is 21.2 Å². The maximum atomic E-state index is 12.7. The fourth-order valence-electron chi connectivity index (χ4n) is 2.29. The van der Waals surface area contributed by atoms with E-state index in [-0.39, 0.29) is 11.3 Å². The van der Waals surface area contributed by atoms with Crippen LogP contribution in [0.4, 0.5) is 10.8 Å². The number of benzene rings is 2. The third-order valence-electron chi connectivity index (χ3n) is 3.91. The summed E-state index contributed by atoms with van der Waals surface area (Å²) in [7, 11) is -3.56. The first-order valence-electron chi connectivity index (χ1n) is 8.40. The number of hydrogen-bond donors (Lipinski definition) is 2. The molecule has 0 aliphatic rings. The summed E-state index contributed by atoms with van der Waals surface area (Å²) >= 11 is 4.70. The molecule has 0 aliphatic heterocycles. The molecule has 3 aromatic rings. The number of rotatable bonds is 6. The van der Waals surface area contributed by atoms with Gasteiger partial charge in [0.05, 0.1) is 22.2 Å². The van der Waals surface area contributed by atoms with Gasteiger partial charge in [-0.25, -0.2) is 13.4 Å². The summed E-state index contributed by atoms with van der Waals surface area (Å²) in [5.74, 6) is -0.432. The molecule has 2 N–H and O–H groups in total. The number of amides is 1. The third-order valence-corrected chi connectivity index (χ3v) is 6.94. The molecule has 0 spiro atoms. The van der Waals surface area contributed by atoms with Crippen LogP contribution in [0.15, 0.2) is 58.4 Å². The zero-order valence-electron chi connectivity index (χ0n) is 15.1. The molecular weight excluding hydrogens is 462 g/mol. The Bertz CT molecular complexity index is 1090. The van der Waals surface area contributed by atoms with Crippen LogP contribution in [0, 0.1) is 0 Å². The Labute approximate surface area is 176 Å². The van der Waals surface area contributed by atoms with Gasteiger partial charge in [0, 0.05) is 15.4 Å².